The number of benzene rings is 2. The summed E-state index contributed by atoms with van der Waals surface area (Å²) in [4.78, 5) is 25.3. The van der Waals surface area contributed by atoms with E-state index in [1.807, 2.05) is 12.1 Å². The van der Waals surface area contributed by atoms with Gasteiger partial charge in [0, 0.05) is 31.8 Å². The summed E-state index contributed by atoms with van der Waals surface area (Å²) < 4.78 is 26.2. The van der Waals surface area contributed by atoms with Gasteiger partial charge in [0.25, 0.3) is 5.91 Å². The zero-order chi connectivity index (χ0) is 19.1. The Kier molecular flexibility index (Phi) is 6.80. The number of nitrogens with zero attached hydrogens (tertiary/aromatic N) is 1. The highest BCUT2D eigenvalue weighted by Crippen LogP contribution is 2.08. The van der Waals surface area contributed by atoms with Gasteiger partial charge in [-0.25, -0.2) is 8.78 Å². The molecule has 0 bridgehead atoms. The number of likely N-dealkylation sites (N-methyl/N-ethyl adjacent to an activating group) is 1. The van der Waals surface area contributed by atoms with Gasteiger partial charge in [-0.1, -0.05) is 12.1 Å². The van der Waals surface area contributed by atoms with E-state index >= 15 is 0 Å². The Morgan fingerprint density at radius 1 is 1.00 bits per heavy atom. The molecule has 2 aromatic carbocycles. The van der Waals surface area contributed by atoms with Gasteiger partial charge in [0.1, 0.15) is 11.6 Å². The Balaban J connectivity index is 1.82. The molecule has 0 aromatic heterocycles. The van der Waals surface area contributed by atoms with E-state index in [4.69, 9.17) is 0 Å². The van der Waals surface area contributed by atoms with Crippen LogP contribution in [0.2, 0.25) is 0 Å². The molecule has 0 aliphatic rings. The molecule has 7 heteroatoms. The second-order valence-electron chi connectivity index (χ2n) is 6.00. The Hall–Kier alpha value is -2.80. The molecule has 2 amide bonds. The van der Waals surface area contributed by atoms with Gasteiger partial charge in [0.2, 0.25) is 5.91 Å². The van der Waals surface area contributed by atoms with Crippen LogP contribution in [-0.4, -0.2) is 37.4 Å². The number of carbonyl (C=O) groups is 2. The summed E-state index contributed by atoms with van der Waals surface area (Å²) in [5.41, 5.74) is 1.89. The van der Waals surface area contributed by atoms with Gasteiger partial charge < -0.3 is 10.6 Å². The average molecular weight is 361 g/mol. The smallest absolute Gasteiger partial charge is 0.251 e. The fraction of sp³-hybridized carbons (Fsp3) is 0.263. The molecule has 138 valence electrons. The molecule has 0 aliphatic carbocycles. The third-order valence-corrected chi connectivity index (χ3v) is 3.72. The van der Waals surface area contributed by atoms with Crippen molar-refractivity contribution in [3.05, 3.63) is 70.8 Å². The zero-order valence-electron chi connectivity index (χ0n) is 14.7. The molecule has 0 saturated carbocycles. The van der Waals surface area contributed by atoms with Crippen molar-refractivity contribution < 1.29 is 18.4 Å². The molecule has 0 spiro atoms. The van der Waals surface area contributed by atoms with Crippen molar-refractivity contribution in [1.29, 1.82) is 0 Å². The molecule has 0 aliphatic heterocycles. The number of nitrogens with one attached hydrogen (secondary N) is 2. The number of halogens is 2. The van der Waals surface area contributed by atoms with Gasteiger partial charge >= 0.3 is 0 Å². The van der Waals surface area contributed by atoms with E-state index < -0.39 is 11.6 Å². The monoisotopic (exact) mass is 361 g/mol. The minimum absolute atomic E-state index is 0.0577. The van der Waals surface area contributed by atoms with Crippen molar-refractivity contribution in [2.75, 3.05) is 20.6 Å². The lowest BCUT2D eigenvalue weighted by Crippen LogP contribution is -2.34. The molecule has 0 unspecified atom stereocenters. The van der Waals surface area contributed by atoms with Crippen LogP contribution in [0.1, 0.15) is 21.5 Å². The highest BCUT2D eigenvalue weighted by Gasteiger charge is 2.09. The van der Waals surface area contributed by atoms with Gasteiger partial charge in [-0.05, 0) is 42.4 Å². The summed E-state index contributed by atoms with van der Waals surface area (Å²) in [6, 6.07) is 10.3. The first-order chi connectivity index (χ1) is 12.4. The topological polar surface area (TPSA) is 61.4 Å². The Bertz CT molecular complexity index is 759. The maximum absolute atomic E-state index is 13.1. The van der Waals surface area contributed by atoms with Gasteiger partial charge in [-0.2, -0.15) is 0 Å². The first kappa shape index (κ1) is 19.5. The van der Waals surface area contributed by atoms with Crippen LogP contribution >= 0.6 is 0 Å². The van der Waals surface area contributed by atoms with E-state index in [1.165, 1.54) is 12.1 Å². The van der Waals surface area contributed by atoms with Gasteiger partial charge in [-0.15, -0.1) is 0 Å². The molecule has 26 heavy (non-hydrogen) atoms. The summed E-state index contributed by atoms with van der Waals surface area (Å²) in [5, 5.41) is 5.19. The summed E-state index contributed by atoms with van der Waals surface area (Å²) >= 11 is 0. The van der Waals surface area contributed by atoms with Gasteiger partial charge in [0.05, 0.1) is 6.54 Å². The third-order valence-electron chi connectivity index (χ3n) is 3.72. The number of rotatable bonds is 7. The maximum atomic E-state index is 13.1. The Morgan fingerprint density at radius 2 is 1.62 bits per heavy atom. The molecule has 0 saturated heterocycles. The standard InChI is InChI=1S/C19H21F2N3O2/c1-22-19(26)15-5-3-13(4-6-15)11-24(2)12-18(25)23-10-14-7-16(20)9-17(21)8-14/h3-9H,10-12H2,1-2H3,(H,22,26)(H,23,25). The number of hydrogen-bond donors (Lipinski definition) is 2. The minimum Gasteiger partial charge on any atom is -0.355 e. The SMILES string of the molecule is CNC(=O)c1ccc(CN(C)CC(=O)NCc2cc(F)cc(F)c2)cc1. The number of carbonyl (C=O) groups excluding carboxylic acids is 2. The molecule has 2 rings (SSSR count). The van der Waals surface area contributed by atoms with E-state index in [9.17, 15) is 18.4 Å². The third kappa shape index (κ3) is 5.93. The quantitative estimate of drug-likeness (QED) is 0.794. The van der Waals surface area contributed by atoms with Crippen molar-refractivity contribution in [3.8, 4) is 0 Å². The highest BCUT2D eigenvalue weighted by molar-refractivity contribution is 5.93. The van der Waals surface area contributed by atoms with E-state index in [0.29, 0.717) is 17.7 Å². The molecule has 0 fully saturated rings. The van der Waals surface area contributed by atoms with Crippen molar-refractivity contribution in [1.82, 2.24) is 15.5 Å². The molecular weight excluding hydrogens is 340 g/mol. The van der Waals surface area contributed by atoms with E-state index in [0.717, 1.165) is 11.6 Å². The molecular formula is C19H21F2N3O2. The van der Waals surface area contributed by atoms with Crippen molar-refractivity contribution in [2.45, 2.75) is 13.1 Å². The second kappa shape index (κ2) is 9.05. The first-order valence-corrected chi connectivity index (χ1v) is 8.08. The summed E-state index contributed by atoms with van der Waals surface area (Å²) in [6.45, 7) is 0.715. The van der Waals surface area contributed by atoms with Crippen LogP contribution in [-0.2, 0) is 17.9 Å². The van der Waals surface area contributed by atoms with E-state index in [2.05, 4.69) is 10.6 Å². The molecule has 0 atom stereocenters. The Morgan fingerprint density at radius 3 is 2.19 bits per heavy atom. The molecule has 2 aromatic rings. The van der Waals surface area contributed by atoms with Crippen molar-refractivity contribution in [3.63, 3.8) is 0 Å². The average Bonchev–Trinajstić information content (AvgIpc) is 2.59. The van der Waals surface area contributed by atoms with Crippen LogP contribution in [0.4, 0.5) is 8.78 Å². The van der Waals surface area contributed by atoms with Crippen LogP contribution in [0, 0.1) is 11.6 Å². The van der Waals surface area contributed by atoms with Crippen LogP contribution in [0.3, 0.4) is 0 Å². The maximum Gasteiger partial charge on any atom is 0.251 e. The predicted octanol–water partition coefficient (Wildman–Crippen LogP) is 2.07. The Labute approximate surface area is 151 Å². The summed E-state index contributed by atoms with van der Waals surface area (Å²) in [7, 11) is 3.36. The van der Waals surface area contributed by atoms with Gasteiger partial charge in [-0.3, -0.25) is 14.5 Å². The molecule has 0 heterocycles. The second-order valence-corrected chi connectivity index (χ2v) is 6.00. The lowest BCUT2D eigenvalue weighted by atomic mass is 10.1. The van der Waals surface area contributed by atoms with E-state index in [-0.39, 0.29) is 24.9 Å². The lowest BCUT2D eigenvalue weighted by Gasteiger charge is -2.16. The number of amides is 2. The van der Waals surface area contributed by atoms with Crippen LogP contribution < -0.4 is 10.6 Å². The molecule has 0 radical (unpaired) electrons. The van der Waals surface area contributed by atoms with E-state index in [1.54, 1.807) is 31.1 Å². The first-order valence-electron chi connectivity index (χ1n) is 8.08. The largest absolute Gasteiger partial charge is 0.355 e. The fourth-order valence-corrected chi connectivity index (χ4v) is 2.49. The van der Waals surface area contributed by atoms with Gasteiger partial charge in [0.15, 0.2) is 0 Å². The lowest BCUT2D eigenvalue weighted by molar-refractivity contribution is -0.122. The van der Waals surface area contributed by atoms with Crippen molar-refractivity contribution >= 4 is 11.8 Å². The number of hydrogen-bond acceptors (Lipinski definition) is 3. The van der Waals surface area contributed by atoms with Crippen LogP contribution in [0.25, 0.3) is 0 Å². The summed E-state index contributed by atoms with van der Waals surface area (Å²) in [6.07, 6.45) is 0. The fourth-order valence-electron chi connectivity index (χ4n) is 2.49. The summed E-state index contributed by atoms with van der Waals surface area (Å²) in [5.74, 6) is -1.75. The predicted molar refractivity (Wildman–Crippen MR) is 94.4 cm³/mol. The minimum atomic E-state index is -0.674. The molecule has 5 nitrogen and oxygen atoms in total. The highest BCUT2D eigenvalue weighted by atomic mass is 19.1. The van der Waals surface area contributed by atoms with Crippen molar-refractivity contribution in [2.24, 2.45) is 0 Å². The van der Waals surface area contributed by atoms with Crippen LogP contribution in [0.5, 0.6) is 0 Å². The normalized spacial score (nSPS) is 10.7. The molecule has 2 N–H and O–H groups in total. The van der Waals surface area contributed by atoms with Crippen LogP contribution in [0.15, 0.2) is 42.5 Å². The zero-order valence-corrected chi connectivity index (χ0v) is 14.7.